The summed E-state index contributed by atoms with van der Waals surface area (Å²) in [4.78, 5) is 19.5. The molecule has 2 heterocycles. The van der Waals surface area contributed by atoms with Crippen LogP contribution in [0.1, 0.15) is 11.3 Å². The van der Waals surface area contributed by atoms with Crippen molar-refractivity contribution in [3.05, 3.63) is 77.2 Å². The molecule has 0 N–H and O–H groups in total. The Labute approximate surface area is 182 Å². The second-order valence-corrected chi connectivity index (χ2v) is 10.2. The lowest BCUT2D eigenvalue weighted by molar-refractivity contribution is -0.118. The van der Waals surface area contributed by atoms with Crippen molar-refractivity contribution in [1.82, 2.24) is 4.98 Å². The van der Waals surface area contributed by atoms with Gasteiger partial charge in [0.15, 0.2) is 15.0 Å². The van der Waals surface area contributed by atoms with Crippen molar-refractivity contribution in [2.24, 2.45) is 0 Å². The minimum Gasteiger partial charge on any atom is -0.467 e. The van der Waals surface area contributed by atoms with E-state index in [9.17, 15) is 13.2 Å². The predicted octanol–water partition coefficient (Wildman–Crippen LogP) is 4.72. The van der Waals surface area contributed by atoms with Crippen LogP contribution in [0, 0.1) is 0 Å². The number of thiazole rings is 1. The molecule has 0 aliphatic heterocycles. The fraction of sp³-hybridized carbons (Fsp3) is 0.143. The molecule has 0 saturated heterocycles. The zero-order valence-electron chi connectivity index (χ0n) is 15.9. The van der Waals surface area contributed by atoms with Crippen molar-refractivity contribution in [3.63, 3.8) is 0 Å². The van der Waals surface area contributed by atoms with Crippen LogP contribution in [0.25, 0.3) is 10.2 Å². The minimum atomic E-state index is -3.29. The number of rotatable bonds is 6. The fourth-order valence-electron chi connectivity index (χ4n) is 2.96. The molecular formula is C21H17ClN2O4S2. The molecule has 0 bridgehead atoms. The van der Waals surface area contributed by atoms with E-state index in [2.05, 4.69) is 4.98 Å². The van der Waals surface area contributed by atoms with Gasteiger partial charge in [-0.3, -0.25) is 9.69 Å². The average Bonchev–Trinajstić information content (AvgIpc) is 3.36. The van der Waals surface area contributed by atoms with Crippen LogP contribution in [-0.4, -0.2) is 25.6 Å². The van der Waals surface area contributed by atoms with Gasteiger partial charge in [-0.15, -0.1) is 0 Å². The van der Waals surface area contributed by atoms with Gasteiger partial charge in [-0.1, -0.05) is 41.1 Å². The molecule has 2 aromatic heterocycles. The molecule has 0 unspecified atom stereocenters. The van der Waals surface area contributed by atoms with Crippen LogP contribution >= 0.6 is 22.9 Å². The quantitative estimate of drug-likeness (QED) is 0.415. The third-order valence-electron chi connectivity index (χ3n) is 4.49. The first-order valence-electron chi connectivity index (χ1n) is 8.98. The van der Waals surface area contributed by atoms with Gasteiger partial charge in [0.1, 0.15) is 11.3 Å². The predicted molar refractivity (Wildman–Crippen MR) is 118 cm³/mol. The summed E-state index contributed by atoms with van der Waals surface area (Å²) >= 11 is 7.63. The molecular weight excluding hydrogens is 444 g/mol. The number of fused-ring (bicyclic) bond motifs is 1. The molecule has 4 aromatic rings. The highest BCUT2D eigenvalue weighted by molar-refractivity contribution is 7.90. The highest BCUT2D eigenvalue weighted by atomic mass is 35.5. The van der Waals surface area contributed by atoms with Gasteiger partial charge in [0.2, 0.25) is 5.91 Å². The normalized spacial score (nSPS) is 11.7. The zero-order valence-corrected chi connectivity index (χ0v) is 18.3. The van der Waals surface area contributed by atoms with Crippen LogP contribution in [0.4, 0.5) is 5.13 Å². The molecule has 0 aliphatic rings. The molecule has 4 rings (SSSR count). The zero-order chi connectivity index (χ0) is 21.3. The number of anilines is 1. The number of carbonyl (C=O) groups excluding carboxylic acids is 1. The van der Waals surface area contributed by atoms with E-state index in [0.29, 0.717) is 27.0 Å². The molecule has 9 heteroatoms. The van der Waals surface area contributed by atoms with Gasteiger partial charge in [0.25, 0.3) is 0 Å². The highest BCUT2D eigenvalue weighted by Crippen LogP contribution is 2.33. The van der Waals surface area contributed by atoms with Crippen LogP contribution in [-0.2, 0) is 27.6 Å². The monoisotopic (exact) mass is 460 g/mol. The van der Waals surface area contributed by atoms with Crippen LogP contribution < -0.4 is 4.90 Å². The number of amides is 1. The molecule has 0 aliphatic carbocycles. The molecule has 0 spiro atoms. The Balaban J connectivity index is 1.65. The number of hydrogen-bond donors (Lipinski definition) is 0. The number of benzene rings is 2. The molecule has 0 atom stereocenters. The largest absolute Gasteiger partial charge is 0.467 e. The maximum atomic E-state index is 13.2. The summed E-state index contributed by atoms with van der Waals surface area (Å²) in [7, 11) is -3.29. The summed E-state index contributed by atoms with van der Waals surface area (Å²) in [5, 5.41) is 1.05. The van der Waals surface area contributed by atoms with E-state index >= 15 is 0 Å². The molecule has 154 valence electrons. The van der Waals surface area contributed by atoms with Gasteiger partial charge in [-0.2, -0.15) is 0 Å². The lowest BCUT2D eigenvalue weighted by Crippen LogP contribution is -2.31. The number of hydrogen-bond acceptors (Lipinski definition) is 6. The van der Waals surface area contributed by atoms with Crippen molar-refractivity contribution in [2.75, 3.05) is 11.2 Å². The Morgan fingerprint density at radius 3 is 2.53 bits per heavy atom. The third kappa shape index (κ3) is 4.40. The Bertz CT molecular complexity index is 1300. The van der Waals surface area contributed by atoms with Crippen molar-refractivity contribution in [2.45, 2.75) is 17.9 Å². The van der Waals surface area contributed by atoms with E-state index in [1.807, 2.05) is 12.1 Å². The van der Waals surface area contributed by atoms with E-state index in [0.717, 1.165) is 11.0 Å². The number of para-hydroxylation sites is 1. The van der Waals surface area contributed by atoms with Crippen molar-refractivity contribution in [3.8, 4) is 0 Å². The van der Waals surface area contributed by atoms with Crippen molar-refractivity contribution in [1.29, 1.82) is 0 Å². The summed E-state index contributed by atoms with van der Waals surface area (Å²) in [6, 6.07) is 15.4. The van der Waals surface area contributed by atoms with E-state index in [1.165, 1.54) is 23.5 Å². The van der Waals surface area contributed by atoms with E-state index < -0.39 is 9.84 Å². The number of furan rings is 1. The second-order valence-electron chi connectivity index (χ2n) is 6.74. The van der Waals surface area contributed by atoms with Crippen LogP contribution in [0.15, 0.2) is 70.2 Å². The van der Waals surface area contributed by atoms with Crippen LogP contribution in [0.5, 0.6) is 0 Å². The van der Waals surface area contributed by atoms with Crippen LogP contribution in [0.3, 0.4) is 0 Å². The number of aromatic nitrogens is 1. The average molecular weight is 461 g/mol. The summed E-state index contributed by atoms with van der Waals surface area (Å²) in [5.41, 5.74) is 1.35. The molecule has 6 nitrogen and oxygen atoms in total. The third-order valence-corrected chi connectivity index (χ3v) is 6.97. The SMILES string of the molecule is CS(=O)(=O)c1ccc(CC(=O)N(Cc2ccco2)c2nc3c(Cl)cccc3s2)cc1. The van der Waals surface area contributed by atoms with E-state index in [4.69, 9.17) is 16.0 Å². The molecule has 0 radical (unpaired) electrons. The number of halogens is 1. The van der Waals surface area contributed by atoms with Gasteiger partial charge >= 0.3 is 0 Å². The summed E-state index contributed by atoms with van der Waals surface area (Å²) in [6.45, 7) is 0.227. The Morgan fingerprint density at radius 2 is 1.90 bits per heavy atom. The first-order valence-corrected chi connectivity index (χ1v) is 12.1. The summed E-state index contributed by atoms with van der Waals surface area (Å²) in [6.07, 6.45) is 2.79. The second kappa shape index (κ2) is 8.22. The van der Waals surface area contributed by atoms with E-state index in [1.54, 1.807) is 41.5 Å². The molecule has 2 aromatic carbocycles. The fourth-order valence-corrected chi connectivity index (χ4v) is 4.88. The highest BCUT2D eigenvalue weighted by Gasteiger charge is 2.22. The lowest BCUT2D eigenvalue weighted by Gasteiger charge is -2.19. The number of nitrogens with zero attached hydrogens (tertiary/aromatic N) is 2. The molecule has 0 saturated carbocycles. The van der Waals surface area contributed by atoms with Crippen LogP contribution in [0.2, 0.25) is 5.02 Å². The lowest BCUT2D eigenvalue weighted by atomic mass is 10.1. The van der Waals surface area contributed by atoms with Crippen molar-refractivity contribution < 1.29 is 17.6 Å². The molecule has 1 amide bonds. The van der Waals surface area contributed by atoms with Crippen molar-refractivity contribution >= 4 is 54.0 Å². The number of carbonyl (C=O) groups is 1. The summed E-state index contributed by atoms with van der Waals surface area (Å²) in [5.74, 6) is 0.440. The standard InChI is InChI=1S/C21H17ClN2O4S2/c1-30(26,27)16-9-7-14(8-10-16)12-19(25)24(13-15-4-3-11-28-15)21-23-20-17(22)5-2-6-18(20)29-21/h2-11H,12-13H2,1H3. The molecule has 0 fully saturated rings. The number of sulfone groups is 1. The minimum absolute atomic E-state index is 0.0917. The summed E-state index contributed by atoms with van der Waals surface area (Å²) < 4.78 is 29.6. The maximum Gasteiger partial charge on any atom is 0.233 e. The first-order chi connectivity index (χ1) is 14.3. The first kappa shape index (κ1) is 20.6. The van der Waals surface area contributed by atoms with Gasteiger partial charge in [0, 0.05) is 6.26 Å². The Hall–Kier alpha value is -2.68. The van der Waals surface area contributed by atoms with E-state index in [-0.39, 0.29) is 23.8 Å². The van der Waals surface area contributed by atoms with Gasteiger partial charge in [-0.05, 0) is 42.0 Å². The topological polar surface area (TPSA) is 80.5 Å². The van der Waals surface area contributed by atoms with Gasteiger partial charge < -0.3 is 4.42 Å². The molecule has 30 heavy (non-hydrogen) atoms. The Kier molecular flexibility index (Phi) is 5.64. The van der Waals surface area contributed by atoms with Gasteiger partial charge in [0.05, 0.1) is 33.8 Å². The van der Waals surface area contributed by atoms with Gasteiger partial charge in [-0.25, -0.2) is 13.4 Å². The smallest absolute Gasteiger partial charge is 0.233 e. The maximum absolute atomic E-state index is 13.2. The Morgan fingerprint density at radius 1 is 1.13 bits per heavy atom.